The SMILES string of the molecule is Cc1ccc(C)c(-c2nnc(NC(=O)c3ccc(-c4ccccc4)cc3)o2)c1. The molecule has 1 aromatic heterocycles. The van der Waals surface area contributed by atoms with Crippen molar-refractivity contribution in [2.24, 2.45) is 0 Å². The summed E-state index contributed by atoms with van der Waals surface area (Å²) in [4.78, 5) is 12.5. The van der Waals surface area contributed by atoms with E-state index in [-0.39, 0.29) is 11.9 Å². The number of amides is 1. The van der Waals surface area contributed by atoms with Crippen LogP contribution < -0.4 is 5.32 Å². The molecule has 138 valence electrons. The number of aromatic nitrogens is 2. The highest BCUT2D eigenvalue weighted by molar-refractivity contribution is 6.03. The number of carbonyl (C=O) groups is 1. The van der Waals surface area contributed by atoms with Crippen LogP contribution in [0.4, 0.5) is 6.01 Å². The quantitative estimate of drug-likeness (QED) is 0.532. The molecule has 0 aliphatic carbocycles. The molecular weight excluding hydrogens is 350 g/mol. The predicted molar refractivity (Wildman–Crippen MR) is 109 cm³/mol. The van der Waals surface area contributed by atoms with Gasteiger partial charge in [-0.2, -0.15) is 0 Å². The van der Waals surface area contributed by atoms with Crippen molar-refractivity contribution in [2.45, 2.75) is 13.8 Å². The van der Waals surface area contributed by atoms with Gasteiger partial charge in [-0.1, -0.05) is 65.3 Å². The number of hydrogen-bond donors (Lipinski definition) is 1. The first-order chi connectivity index (χ1) is 13.6. The molecular formula is C23H19N3O2. The van der Waals surface area contributed by atoms with Crippen LogP contribution in [0.25, 0.3) is 22.6 Å². The monoisotopic (exact) mass is 369 g/mol. The molecule has 1 N–H and O–H groups in total. The fourth-order valence-electron chi connectivity index (χ4n) is 2.96. The van der Waals surface area contributed by atoms with Crippen LogP contribution in [0.5, 0.6) is 0 Å². The highest BCUT2D eigenvalue weighted by Crippen LogP contribution is 2.25. The topological polar surface area (TPSA) is 68.0 Å². The molecule has 0 saturated carbocycles. The Morgan fingerprint density at radius 3 is 2.32 bits per heavy atom. The van der Waals surface area contributed by atoms with E-state index < -0.39 is 0 Å². The Bertz CT molecular complexity index is 1120. The van der Waals surface area contributed by atoms with Gasteiger partial charge in [0, 0.05) is 11.1 Å². The zero-order valence-electron chi connectivity index (χ0n) is 15.6. The summed E-state index contributed by atoms with van der Waals surface area (Å²) in [6.45, 7) is 3.98. The van der Waals surface area contributed by atoms with Crippen molar-refractivity contribution in [3.63, 3.8) is 0 Å². The smallest absolute Gasteiger partial charge is 0.322 e. The van der Waals surface area contributed by atoms with E-state index in [2.05, 4.69) is 15.5 Å². The fourth-order valence-corrected chi connectivity index (χ4v) is 2.96. The maximum absolute atomic E-state index is 12.5. The van der Waals surface area contributed by atoms with E-state index in [1.54, 1.807) is 12.1 Å². The summed E-state index contributed by atoms with van der Waals surface area (Å²) in [5.74, 6) is 0.0895. The minimum absolute atomic E-state index is 0.0769. The average Bonchev–Trinajstić information content (AvgIpc) is 3.19. The zero-order valence-corrected chi connectivity index (χ0v) is 15.6. The summed E-state index contributed by atoms with van der Waals surface area (Å²) in [6.07, 6.45) is 0. The zero-order chi connectivity index (χ0) is 19.5. The molecule has 28 heavy (non-hydrogen) atoms. The summed E-state index contributed by atoms with van der Waals surface area (Å²) in [7, 11) is 0. The van der Waals surface area contributed by atoms with Crippen molar-refractivity contribution in [1.29, 1.82) is 0 Å². The van der Waals surface area contributed by atoms with Gasteiger partial charge in [0.05, 0.1) is 0 Å². The number of nitrogens with zero attached hydrogens (tertiary/aromatic N) is 2. The first-order valence-corrected chi connectivity index (χ1v) is 8.98. The second kappa shape index (κ2) is 7.48. The second-order valence-electron chi connectivity index (χ2n) is 6.63. The van der Waals surface area contributed by atoms with Crippen molar-refractivity contribution in [3.05, 3.63) is 89.5 Å². The summed E-state index contributed by atoms with van der Waals surface area (Å²) >= 11 is 0. The molecule has 0 saturated heterocycles. The Morgan fingerprint density at radius 1 is 0.857 bits per heavy atom. The summed E-state index contributed by atoms with van der Waals surface area (Å²) in [6, 6.07) is 23.5. The van der Waals surface area contributed by atoms with Crippen LogP contribution in [0.2, 0.25) is 0 Å². The molecule has 4 aromatic rings. The van der Waals surface area contributed by atoms with E-state index in [0.29, 0.717) is 11.5 Å². The lowest BCUT2D eigenvalue weighted by atomic mass is 10.0. The Labute approximate surface area is 163 Å². The number of rotatable bonds is 4. The molecule has 0 bridgehead atoms. The largest absolute Gasteiger partial charge is 0.403 e. The van der Waals surface area contributed by atoms with Crippen LogP contribution >= 0.6 is 0 Å². The highest BCUT2D eigenvalue weighted by Gasteiger charge is 2.14. The lowest BCUT2D eigenvalue weighted by Gasteiger charge is -2.04. The number of hydrogen-bond acceptors (Lipinski definition) is 4. The molecule has 0 radical (unpaired) electrons. The number of benzene rings is 3. The average molecular weight is 369 g/mol. The Morgan fingerprint density at radius 2 is 1.57 bits per heavy atom. The van der Waals surface area contributed by atoms with Crippen LogP contribution in [0.1, 0.15) is 21.5 Å². The fraction of sp³-hybridized carbons (Fsp3) is 0.0870. The van der Waals surface area contributed by atoms with Crippen molar-refractivity contribution < 1.29 is 9.21 Å². The second-order valence-corrected chi connectivity index (χ2v) is 6.63. The molecule has 0 atom stereocenters. The third-order valence-corrected chi connectivity index (χ3v) is 4.52. The van der Waals surface area contributed by atoms with Crippen LogP contribution in [-0.4, -0.2) is 16.1 Å². The molecule has 4 rings (SSSR count). The number of anilines is 1. The molecule has 0 fully saturated rings. The van der Waals surface area contributed by atoms with Gasteiger partial charge in [0.25, 0.3) is 5.91 Å². The predicted octanol–water partition coefficient (Wildman–Crippen LogP) is 5.27. The molecule has 0 unspecified atom stereocenters. The number of nitrogens with one attached hydrogen (secondary N) is 1. The molecule has 5 nitrogen and oxygen atoms in total. The van der Waals surface area contributed by atoms with Crippen LogP contribution in [0, 0.1) is 13.8 Å². The number of aryl methyl sites for hydroxylation is 2. The van der Waals surface area contributed by atoms with E-state index in [9.17, 15) is 4.79 Å². The molecule has 0 aliphatic rings. The normalized spacial score (nSPS) is 10.6. The van der Waals surface area contributed by atoms with Crippen molar-refractivity contribution >= 4 is 11.9 Å². The third-order valence-electron chi connectivity index (χ3n) is 4.52. The van der Waals surface area contributed by atoms with Gasteiger partial charge < -0.3 is 4.42 Å². The minimum atomic E-state index is -0.296. The van der Waals surface area contributed by atoms with Gasteiger partial charge in [-0.05, 0) is 48.7 Å². The van der Waals surface area contributed by atoms with Gasteiger partial charge in [0.1, 0.15) is 0 Å². The van der Waals surface area contributed by atoms with E-state index in [4.69, 9.17) is 4.42 Å². The number of carbonyl (C=O) groups excluding carboxylic acids is 1. The molecule has 0 spiro atoms. The Balaban J connectivity index is 1.50. The van der Waals surface area contributed by atoms with E-state index in [1.807, 2.05) is 74.5 Å². The van der Waals surface area contributed by atoms with Gasteiger partial charge in [-0.3, -0.25) is 10.1 Å². The van der Waals surface area contributed by atoms with E-state index in [1.165, 1.54) is 0 Å². The summed E-state index contributed by atoms with van der Waals surface area (Å²) < 4.78 is 5.64. The Hall–Kier alpha value is -3.73. The standard InChI is InChI=1S/C23H19N3O2/c1-15-8-9-16(2)20(14-15)22-25-26-23(28-22)24-21(27)19-12-10-18(11-13-19)17-6-4-3-5-7-17/h3-14H,1-2H3,(H,24,26,27). The lowest BCUT2D eigenvalue weighted by Crippen LogP contribution is -2.11. The highest BCUT2D eigenvalue weighted by atomic mass is 16.4. The van der Waals surface area contributed by atoms with Gasteiger partial charge >= 0.3 is 6.01 Å². The van der Waals surface area contributed by atoms with Gasteiger partial charge in [-0.25, -0.2) is 0 Å². The van der Waals surface area contributed by atoms with Gasteiger partial charge in [0.15, 0.2) is 0 Å². The molecule has 1 heterocycles. The van der Waals surface area contributed by atoms with Crippen molar-refractivity contribution in [1.82, 2.24) is 10.2 Å². The Kier molecular flexibility index (Phi) is 4.72. The van der Waals surface area contributed by atoms with Crippen LogP contribution in [0.15, 0.2) is 77.2 Å². The molecule has 5 heteroatoms. The maximum Gasteiger partial charge on any atom is 0.322 e. The van der Waals surface area contributed by atoms with Crippen LogP contribution in [0.3, 0.4) is 0 Å². The molecule has 0 aliphatic heterocycles. The van der Waals surface area contributed by atoms with Crippen molar-refractivity contribution in [2.75, 3.05) is 5.32 Å². The maximum atomic E-state index is 12.5. The van der Waals surface area contributed by atoms with Gasteiger partial charge in [-0.15, -0.1) is 5.10 Å². The van der Waals surface area contributed by atoms with Crippen molar-refractivity contribution in [3.8, 4) is 22.6 Å². The first-order valence-electron chi connectivity index (χ1n) is 8.98. The van der Waals surface area contributed by atoms with E-state index >= 15 is 0 Å². The van der Waals surface area contributed by atoms with Crippen LogP contribution in [-0.2, 0) is 0 Å². The summed E-state index contributed by atoms with van der Waals surface area (Å²) in [5, 5.41) is 10.7. The van der Waals surface area contributed by atoms with Gasteiger partial charge in [0.2, 0.25) is 5.89 Å². The first kappa shape index (κ1) is 17.7. The summed E-state index contributed by atoms with van der Waals surface area (Å²) in [5.41, 5.74) is 5.66. The van der Waals surface area contributed by atoms with E-state index in [0.717, 1.165) is 27.8 Å². The molecule has 3 aromatic carbocycles. The molecule has 1 amide bonds. The lowest BCUT2D eigenvalue weighted by molar-refractivity contribution is 0.102. The third kappa shape index (κ3) is 3.69. The minimum Gasteiger partial charge on any atom is -0.403 e.